The fourth-order valence-corrected chi connectivity index (χ4v) is 2.69. The number of rotatable bonds is 1. The summed E-state index contributed by atoms with van der Waals surface area (Å²) < 4.78 is 5.66. The molecule has 0 atom stereocenters. The number of aromatic nitrogens is 4. The van der Waals surface area contributed by atoms with Crippen molar-refractivity contribution in [3.8, 4) is 11.4 Å². The van der Waals surface area contributed by atoms with E-state index in [1.807, 2.05) is 48.5 Å². The van der Waals surface area contributed by atoms with Crippen molar-refractivity contribution in [2.24, 2.45) is 0 Å². The van der Waals surface area contributed by atoms with Crippen LogP contribution in [0.2, 0.25) is 0 Å². The molecule has 5 aromatic rings. The summed E-state index contributed by atoms with van der Waals surface area (Å²) >= 11 is 0. The molecule has 0 saturated carbocycles. The number of nitrogens with zero attached hydrogens (tertiary/aromatic N) is 4. The predicted molar refractivity (Wildman–Crippen MR) is 87.8 cm³/mol. The van der Waals surface area contributed by atoms with Crippen molar-refractivity contribution >= 4 is 33.2 Å². The normalized spacial score (nSPS) is 11.5. The highest BCUT2D eigenvalue weighted by molar-refractivity contribution is 5.98. The zero-order chi connectivity index (χ0) is 15.2. The van der Waals surface area contributed by atoms with Crippen LogP contribution in [0.4, 0.5) is 0 Å². The van der Waals surface area contributed by atoms with Crippen LogP contribution in [0.3, 0.4) is 0 Å². The molecule has 5 nitrogen and oxygen atoms in total. The molecule has 0 amide bonds. The summed E-state index contributed by atoms with van der Waals surface area (Å²) in [4.78, 5) is 18.0. The molecule has 4 heterocycles. The van der Waals surface area contributed by atoms with Gasteiger partial charge in [0, 0.05) is 11.6 Å². The van der Waals surface area contributed by atoms with Gasteiger partial charge in [0.05, 0.1) is 17.4 Å². The van der Waals surface area contributed by atoms with Crippen LogP contribution < -0.4 is 0 Å². The highest BCUT2D eigenvalue weighted by atomic mass is 16.3. The summed E-state index contributed by atoms with van der Waals surface area (Å²) in [6, 6.07) is 15.7. The summed E-state index contributed by atoms with van der Waals surface area (Å²) in [5, 5.41) is 1.10. The van der Waals surface area contributed by atoms with Crippen molar-refractivity contribution in [2.75, 3.05) is 0 Å². The summed E-state index contributed by atoms with van der Waals surface area (Å²) in [6.45, 7) is 0. The lowest BCUT2D eigenvalue weighted by Crippen LogP contribution is -1.90. The first-order valence-electron chi connectivity index (χ1n) is 7.25. The van der Waals surface area contributed by atoms with Gasteiger partial charge in [-0.15, -0.1) is 0 Å². The van der Waals surface area contributed by atoms with Gasteiger partial charge in [-0.05, 0) is 24.3 Å². The molecule has 23 heavy (non-hydrogen) atoms. The summed E-state index contributed by atoms with van der Waals surface area (Å²) in [7, 11) is 0. The first kappa shape index (κ1) is 12.2. The zero-order valence-corrected chi connectivity index (χ0v) is 12.0. The first-order valence-corrected chi connectivity index (χ1v) is 7.25. The Hall–Kier alpha value is -3.34. The fraction of sp³-hybridized carbons (Fsp3) is 0. The molecule has 5 heteroatoms. The van der Waals surface area contributed by atoms with Crippen molar-refractivity contribution in [2.45, 2.75) is 0 Å². The van der Waals surface area contributed by atoms with Gasteiger partial charge in [-0.3, -0.25) is 4.98 Å². The lowest BCUT2D eigenvalue weighted by molar-refractivity contribution is 0.652. The quantitative estimate of drug-likeness (QED) is 0.468. The molecule has 0 aliphatic rings. The standard InChI is InChI=1S/C18H10N4O/c1-2-5-12-11(4-1)7-8-13(21-12)14-10-20-18-17(22-14)16-15(23-18)6-3-9-19-16/h1-10H. The van der Waals surface area contributed by atoms with E-state index in [-0.39, 0.29) is 0 Å². The maximum absolute atomic E-state index is 5.66. The number of hydrogen-bond acceptors (Lipinski definition) is 5. The zero-order valence-electron chi connectivity index (χ0n) is 12.0. The molecule has 0 fully saturated rings. The second kappa shape index (κ2) is 4.58. The average molecular weight is 298 g/mol. The van der Waals surface area contributed by atoms with E-state index in [9.17, 15) is 0 Å². The van der Waals surface area contributed by atoms with Crippen LogP contribution in [0, 0.1) is 0 Å². The van der Waals surface area contributed by atoms with E-state index >= 15 is 0 Å². The molecule has 0 unspecified atom stereocenters. The topological polar surface area (TPSA) is 64.7 Å². The number of pyridine rings is 2. The number of benzene rings is 1. The SMILES string of the molecule is c1ccc2nc(-c3cnc4oc5cccnc5c4n3)ccc2c1. The third kappa shape index (κ3) is 1.87. The predicted octanol–water partition coefficient (Wildman–Crippen LogP) is 3.99. The van der Waals surface area contributed by atoms with Crippen molar-refractivity contribution in [1.29, 1.82) is 0 Å². The van der Waals surface area contributed by atoms with E-state index in [1.54, 1.807) is 12.4 Å². The average Bonchev–Trinajstić information content (AvgIpc) is 2.99. The Bertz CT molecular complexity index is 1180. The van der Waals surface area contributed by atoms with Crippen LogP contribution in [0.1, 0.15) is 0 Å². The van der Waals surface area contributed by atoms with E-state index in [2.05, 4.69) is 19.9 Å². The van der Waals surface area contributed by atoms with Gasteiger partial charge < -0.3 is 4.42 Å². The van der Waals surface area contributed by atoms with E-state index in [0.29, 0.717) is 22.5 Å². The molecule has 4 aromatic heterocycles. The number of fused-ring (bicyclic) bond motifs is 4. The Balaban J connectivity index is 1.76. The van der Waals surface area contributed by atoms with Crippen LogP contribution in [0.15, 0.2) is 65.3 Å². The number of hydrogen-bond donors (Lipinski definition) is 0. The van der Waals surface area contributed by atoms with Crippen molar-refractivity contribution < 1.29 is 4.42 Å². The van der Waals surface area contributed by atoms with E-state index < -0.39 is 0 Å². The van der Waals surface area contributed by atoms with Gasteiger partial charge in [-0.25, -0.2) is 15.0 Å². The molecule has 5 rings (SSSR count). The minimum atomic E-state index is 0.489. The molecule has 0 aliphatic carbocycles. The second-order valence-corrected chi connectivity index (χ2v) is 5.25. The molecule has 0 spiro atoms. The van der Waals surface area contributed by atoms with E-state index in [4.69, 9.17) is 4.42 Å². The molecule has 0 bridgehead atoms. The summed E-state index contributed by atoms with van der Waals surface area (Å²) in [6.07, 6.45) is 3.40. The Labute approximate surface area is 130 Å². The van der Waals surface area contributed by atoms with Gasteiger partial charge in [0.2, 0.25) is 5.71 Å². The minimum absolute atomic E-state index is 0.489. The Morgan fingerprint density at radius 1 is 0.739 bits per heavy atom. The monoisotopic (exact) mass is 298 g/mol. The van der Waals surface area contributed by atoms with Crippen molar-refractivity contribution in [1.82, 2.24) is 19.9 Å². The molecular weight excluding hydrogens is 288 g/mol. The molecule has 1 aromatic carbocycles. The van der Waals surface area contributed by atoms with Crippen molar-refractivity contribution in [3.05, 3.63) is 60.9 Å². The number of para-hydroxylation sites is 1. The third-order valence-corrected chi connectivity index (χ3v) is 3.80. The molecule has 108 valence electrons. The van der Waals surface area contributed by atoms with Gasteiger partial charge in [-0.1, -0.05) is 24.3 Å². The molecule has 0 aliphatic heterocycles. The van der Waals surface area contributed by atoms with Gasteiger partial charge in [0.25, 0.3) is 0 Å². The fourth-order valence-electron chi connectivity index (χ4n) is 2.69. The molecule has 0 saturated heterocycles. The largest absolute Gasteiger partial charge is 0.435 e. The van der Waals surface area contributed by atoms with Gasteiger partial charge >= 0.3 is 0 Å². The Kier molecular flexibility index (Phi) is 2.43. The molecule has 0 N–H and O–H groups in total. The lowest BCUT2D eigenvalue weighted by Gasteiger charge is -2.02. The third-order valence-electron chi connectivity index (χ3n) is 3.80. The smallest absolute Gasteiger partial charge is 0.248 e. The van der Waals surface area contributed by atoms with Gasteiger partial charge in [-0.2, -0.15) is 0 Å². The lowest BCUT2D eigenvalue weighted by atomic mass is 10.2. The molecule has 0 radical (unpaired) electrons. The van der Waals surface area contributed by atoms with Crippen molar-refractivity contribution in [3.63, 3.8) is 0 Å². The van der Waals surface area contributed by atoms with Crippen LogP contribution in [-0.2, 0) is 0 Å². The second-order valence-electron chi connectivity index (χ2n) is 5.25. The Morgan fingerprint density at radius 3 is 2.70 bits per heavy atom. The highest BCUT2D eigenvalue weighted by Gasteiger charge is 2.12. The summed E-state index contributed by atoms with van der Waals surface area (Å²) in [5.74, 6) is 0. The highest BCUT2D eigenvalue weighted by Crippen LogP contribution is 2.26. The van der Waals surface area contributed by atoms with E-state index in [1.165, 1.54) is 0 Å². The van der Waals surface area contributed by atoms with Crippen LogP contribution in [0.5, 0.6) is 0 Å². The maximum atomic E-state index is 5.66. The van der Waals surface area contributed by atoms with Gasteiger partial charge in [0.1, 0.15) is 11.2 Å². The first-order chi connectivity index (χ1) is 11.4. The molecular formula is C18H10N4O. The Morgan fingerprint density at radius 2 is 1.70 bits per heavy atom. The van der Waals surface area contributed by atoms with Crippen LogP contribution >= 0.6 is 0 Å². The minimum Gasteiger partial charge on any atom is -0.435 e. The van der Waals surface area contributed by atoms with E-state index in [0.717, 1.165) is 22.1 Å². The van der Waals surface area contributed by atoms with Crippen LogP contribution in [-0.4, -0.2) is 19.9 Å². The summed E-state index contributed by atoms with van der Waals surface area (Å²) in [5.41, 5.74) is 4.97. The number of furan rings is 1. The van der Waals surface area contributed by atoms with Gasteiger partial charge in [0.15, 0.2) is 11.1 Å². The van der Waals surface area contributed by atoms with Crippen LogP contribution in [0.25, 0.3) is 44.6 Å². The maximum Gasteiger partial charge on any atom is 0.248 e.